The van der Waals surface area contributed by atoms with Gasteiger partial charge >= 0.3 is 0 Å². The van der Waals surface area contributed by atoms with Crippen molar-refractivity contribution in [2.24, 2.45) is 11.8 Å². The number of piperidine rings is 1. The molecule has 1 atom stereocenters. The van der Waals surface area contributed by atoms with Crippen LogP contribution in [0.15, 0.2) is 29.2 Å². The summed E-state index contributed by atoms with van der Waals surface area (Å²) in [5.74, 6) is 0.912. The Balaban J connectivity index is 0.00000338. The van der Waals surface area contributed by atoms with E-state index in [0.29, 0.717) is 30.5 Å². The fourth-order valence-corrected chi connectivity index (χ4v) is 4.26. The lowest BCUT2D eigenvalue weighted by atomic mass is 9.84. The molecule has 1 aromatic rings. The molecule has 1 saturated heterocycles. The zero-order valence-electron chi connectivity index (χ0n) is 15.5. The fourth-order valence-electron chi connectivity index (χ4n) is 3.12. The monoisotopic (exact) mass is 403 g/mol. The Hall–Kier alpha value is -1.15. The Morgan fingerprint density at radius 1 is 1.23 bits per heavy atom. The van der Waals surface area contributed by atoms with Gasteiger partial charge in [-0.2, -0.15) is 0 Å². The second-order valence-electron chi connectivity index (χ2n) is 6.74. The predicted octanol–water partition coefficient (Wildman–Crippen LogP) is 2.76. The third kappa shape index (κ3) is 6.87. The van der Waals surface area contributed by atoms with Gasteiger partial charge in [-0.15, -0.1) is 12.4 Å². The van der Waals surface area contributed by atoms with E-state index in [1.807, 2.05) is 6.92 Å². The molecule has 0 radical (unpaired) electrons. The molecule has 2 rings (SSSR count). The van der Waals surface area contributed by atoms with Crippen LogP contribution in [0.2, 0.25) is 0 Å². The van der Waals surface area contributed by atoms with E-state index in [1.165, 1.54) is 12.1 Å². The molecule has 1 unspecified atom stereocenters. The summed E-state index contributed by atoms with van der Waals surface area (Å²) in [6, 6.07) is 6.30. The maximum Gasteiger partial charge on any atom is 0.240 e. The van der Waals surface area contributed by atoms with E-state index in [4.69, 9.17) is 0 Å². The first-order valence-electron chi connectivity index (χ1n) is 9.02. The van der Waals surface area contributed by atoms with Gasteiger partial charge in [0.25, 0.3) is 0 Å². The molecule has 1 aromatic carbocycles. The highest BCUT2D eigenvalue weighted by Crippen LogP contribution is 2.24. The Labute approximate surface area is 163 Å². The number of sulfonamides is 1. The Morgan fingerprint density at radius 3 is 2.42 bits per heavy atom. The molecule has 26 heavy (non-hydrogen) atoms. The average Bonchev–Trinajstić information content (AvgIpc) is 2.61. The first-order chi connectivity index (χ1) is 11.9. The van der Waals surface area contributed by atoms with Gasteiger partial charge in [-0.3, -0.25) is 4.79 Å². The van der Waals surface area contributed by atoms with Gasteiger partial charge in [0, 0.05) is 18.7 Å². The molecule has 1 aliphatic rings. The number of hydrogen-bond donors (Lipinski definition) is 3. The lowest BCUT2D eigenvalue weighted by Gasteiger charge is -2.27. The Bertz CT molecular complexity index is 659. The van der Waals surface area contributed by atoms with Crippen LogP contribution in [-0.2, 0) is 14.8 Å². The van der Waals surface area contributed by atoms with Crippen LogP contribution in [0.1, 0.15) is 39.5 Å². The molecule has 1 amide bonds. The van der Waals surface area contributed by atoms with E-state index in [9.17, 15) is 13.2 Å². The zero-order valence-corrected chi connectivity index (χ0v) is 17.1. The van der Waals surface area contributed by atoms with E-state index in [-0.39, 0.29) is 23.2 Å². The third-order valence-electron chi connectivity index (χ3n) is 4.69. The Kier molecular flexibility index (Phi) is 9.57. The highest BCUT2D eigenvalue weighted by Gasteiger charge is 2.22. The summed E-state index contributed by atoms with van der Waals surface area (Å²) >= 11 is 0. The molecular formula is C18H30ClN3O3S. The Morgan fingerprint density at radius 2 is 1.85 bits per heavy atom. The second kappa shape index (κ2) is 10.9. The van der Waals surface area contributed by atoms with E-state index in [2.05, 4.69) is 22.3 Å². The van der Waals surface area contributed by atoms with Gasteiger partial charge in [0.1, 0.15) is 0 Å². The molecule has 148 valence electrons. The van der Waals surface area contributed by atoms with Crippen molar-refractivity contribution < 1.29 is 13.2 Å². The summed E-state index contributed by atoms with van der Waals surface area (Å²) in [5, 5.41) is 6.20. The van der Waals surface area contributed by atoms with Crippen molar-refractivity contribution in [3.05, 3.63) is 24.3 Å². The largest absolute Gasteiger partial charge is 0.326 e. The van der Waals surface area contributed by atoms with Crippen LogP contribution in [0.3, 0.4) is 0 Å². The average molecular weight is 404 g/mol. The quantitative estimate of drug-likeness (QED) is 0.622. The van der Waals surface area contributed by atoms with Gasteiger partial charge in [0.05, 0.1) is 4.90 Å². The molecule has 3 N–H and O–H groups in total. The molecule has 0 aromatic heterocycles. The van der Waals surface area contributed by atoms with Crippen LogP contribution in [0.25, 0.3) is 0 Å². The van der Waals surface area contributed by atoms with Crippen molar-refractivity contribution in [2.75, 3.05) is 25.0 Å². The van der Waals surface area contributed by atoms with Crippen molar-refractivity contribution in [3.8, 4) is 0 Å². The predicted molar refractivity (Wildman–Crippen MR) is 107 cm³/mol. The number of benzene rings is 1. The van der Waals surface area contributed by atoms with Gasteiger partial charge in [0.2, 0.25) is 15.9 Å². The summed E-state index contributed by atoms with van der Waals surface area (Å²) in [7, 11) is -3.47. The molecule has 0 saturated carbocycles. The SMILES string of the molecule is CCCNS(=O)(=O)c1ccc(NC(=O)CC(C)C2CCNCC2)cc1.Cl. The molecule has 0 aliphatic carbocycles. The van der Waals surface area contributed by atoms with E-state index in [0.717, 1.165) is 32.4 Å². The van der Waals surface area contributed by atoms with Crippen molar-refractivity contribution in [2.45, 2.75) is 44.4 Å². The maximum absolute atomic E-state index is 12.2. The van der Waals surface area contributed by atoms with E-state index >= 15 is 0 Å². The molecular weight excluding hydrogens is 374 g/mol. The highest BCUT2D eigenvalue weighted by atomic mass is 35.5. The van der Waals surface area contributed by atoms with Gasteiger partial charge in [-0.1, -0.05) is 13.8 Å². The summed E-state index contributed by atoms with van der Waals surface area (Å²) in [4.78, 5) is 12.4. The van der Waals surface area contributed by atoms with Crippen molar-refractivity contribution in [1.29, 1.82) is 0 Å². The van der Waals surface area contributed by atoms with Crippen molar-refractivity contribution in [1.82, 2.24) is 10.0 Å². The summed E-state index contributed by atoms with van der Waals surface area (Å²) in [5.41, 5.74) is 0.622. The van der Waals surface area contributed by atoms with Gasteiger partial charge in [0.15, 0.2) is 0 Å². The minimum absolute atomic E-state index is 0. The number of carbonyl (C=O) groups is 1. The number of anilines is 1. The number of rotatable bonds is 8. The van der Waals surface area contributed by atoms with Crippen LogP contribution in [0.5, 0.6) is 0 Å². The van der Waals surface area contributed by atoms with Gasteiger partial charge in [-0.05, 0) is 68.5 Å². The lowest BCUT2D eigenvalue weighted by molar-refractivity contribution is -0.117. The van der Waals surface area contributed by atoms with Crippen LogP contribution in [0.4, 0.5) is 5.69 Å². The third-order valence-corrected chi connectivity index (χ3v) is 6.16. The van der Waals surface area contributed by atoms with Gasteiger partial charge in [-0.25, -0.2) is 13.1 Å². The second-order valence-corrected chi connectivity index (χ2v) is 8.51. The highest BCUT2D eigenvalue weighted by molar-refractivity contribution is 7.89. The number of carbonyl (C=O) groups excluding carboxylic acids is 1. The first kappa shape index (κ1) is 22.9. The molecule has 1 fully saturated rings. The van der Waals surface area contributed by atoms with E-state index in [1.54, 1.807) is 12.1 Å². The molecule has 8 heteroatoms. The fraction of sp³-hybridized carbons (Fsp3) is 0.611. The normalized spacial score (nSPS) is 16.5. The van der Waals surface area contributed by atoms with Crippen LogP contribution in [-0.4, -0.2) is 34.0 Å². The summed E-state index contributed by atoms with van der Waals surface area (Å²) < 4.78 is 26.6. The number of amides is 1. The number of nitrogens with one attached hydrogen (secondary N) is 3. The first-order valence-corrected chi connectivity index (χ1v) is 10.5. The van der Waals surface area contributed by atoms with Crippen molar-refractivity contribution >= 4 is 34.0 Å². The number of hydrogen-bond acceptors (Lipinski definition) is 4. The summed E-state index contributed by atoms with van der Waals surface area (Å²) in [6.45, 7) is 6.50. The summed E-state index contributed by atoms with van der Waals surface area (Å²) in [6.07, 6.45) is 3.46. The van der Waals surface area contributed by atoms with E-state index < -0.39 is 10.0 Å². The maximum atomic E-state index is 12.2. The molecule has 0 bridgehead atoms. The minimum Gasteiger partial charge on any atom is -0.326 e. The lowest BCUT2D eigenvalue weighted by Crippen LogP contribution is -2.32. The van der Waals surface area contributed by atoms with Crippen LogP contribution in [0, 0.1) is 11.8 Å². The molecule has 1 heterocycles. The topological polar surface area (TPSA) is 87.3 Å². The minimum atomic E-state index is -3.47. The molecule has 0 spiro atoms. The number of halogens is 1. The molecule has 6 nitrogen and oxygen atoms in total. The zero-order chi connectivity index (χ0) is 18.3. The van der Waals surface area contributed by atoms with Crippen molar-refractivity contribution in [3.63, 3.8) is 0 Å². The van der Waals surface area contributed by atoms with Crippen LogP contribution >= 0.6 is 12.4 Å². The smallest absolute Gasteiger partial charge is 0.240 e. The van der Waals surface area contributed by atoms with Gasteiger partial charge < -0.3 is 10.6 Å². The van der Waals surface area contributed by atoms with Crippen LogP contribution < -0.4 is 15.4 Å². The molecule has 1 aliphatic heterocycles. The standard InChI is InChI=1S/C18H29N3O3S.ClH/c1-3-10-20-25(23,24)17-6-4-16(5-7-17)21-18(22)13-14(2)15-8-11-19-12-9-15;/h4-7,14-15,19-20H,3,8-13H2,1-2H3,(H,21,22);1H.